The quantitative estimate of drug-likeness (QED) is 0.784. The van der Waals surface area contributed by atoms with Gasteiger partial charge in [0.1, 0.15) is 0 Å². The minimum Gasteiger partial charge on any atom is -0.313 e. The van der Waals surface area contributed by atoms with Crippen LogP contribution in [0.25, 0.3) is 0 Å². The van der Waals surface area contributed by atoms with E-state index in [1.807, 2.05) is 11.8 Å². The van der Waals surface area contributed by atoms with Crippen LogP contribution in [0.4, 0.5) is 0 Å². The zero-order chi connectivity index (χ0) is 12.3. The Morgan fingerprint density at radius 3 is 2.82 bits per heavy atom. The van der Waals surface area contributed by atoms with Crippen LogP contribution in [0.3, 0.4) is 0 Å². The van der Waals surface area contributed by atoms with Gasteiger partial charge in [0, 0.05) is 36.7 Å². The smallest absolute Gasteiger partial charge is 0.215 e. The van der Waals surface area contributed by atoms with Crippen molar-refractivity contribution >= 4 is 21.8 Å². The van der Waals surface area contributed by atoms with Crippen molar-refractivity contribution in [3.8, 4) is 0 Å². The maximum absolute atomic E-state index is 12.1. The van der Waals surface area contributed by atoms with Crippen molar-refractivity contribution < 1.29 is 8.42 Å². The lowest BCUT2D eigenvalue weighted by atomic mass is 10.3. The van der Waals surface area contributed by atoms with E-state index < -0.39 is 10.0 Å². The summed E-state index contributed by atoms with van der Waals surface area (Å²) in [4.78, 5) is 0. The summed E-state index contributed by atoms with van der Waals surface area (Å²) >= 11 is 1.90. The lowest BCUT2D eigenvalue weighted by molar-refractivity contribution is 0.415. The fourth-order valence-corrected chi connectivity index (χ4v) is 4.80. The van der Waals surface area contributed by atoms with E-state index in [1.165, 1.54) is 12.8 Å². The van der Waals surface area contributed by atoms with Gasteiger partial charge in [0.2, 0.25) is 10.0 Å². The van der Waals surface area contributed by atoms with E-state index in [9.17, 15) is 8.42 Å². The first-order valence-electron chi connectivity index (χ1n) is 6.44. The molecule has 0 aromatic heterocycles. The van der Waals surface area contributed by atoms with Crippen LogP contribution in [-0.2, 0) is 10.0 Å². The van der Waals surface area contributed by atoms with Gasteiger partial charge < -0.3 is 5.32 Å². The van der Waals surface area contributed by atoms with Gasteiger partial charge >= 0.3 is 0 Å². The molecule has 0 bridgehead atoms. The third-order valence-electron chi connectivity index (χ3n) is 3.32. The van der Waals surface area contributed by atoms with Gasteiger partial charge in [0.25, 0.3) is 0 Å². The standard InChI is InChI=1S/C11H22N2O2S2/c1-2-11-9-13(6-7-16-11)17(14,15)8-5-12-10-3-4-10/h10-12H,2-9H2,1H3. The number of sulfonamides is 1. The van der Waals surface area contributed by atoms with Crippen LogP contribution in [-0.4, -0.2) is 55.2 Å². The Balaban J connectivity index is 1.80. The van der Waals surface area contributed by atoms with E-state index in [4.69, 9.17) is 0 Å². The monoisotopic (exact) mass is 278 g/mol. The molecule has 2 fully saturated rings. The molecule has 1 saturated carbocycles. The average Bonchev–Trinajstić information content (AvgIpc) is 3.13. The van der Waals surface area contributed by atoms with Gasteiger partial charge in [0.15, 0.2) is 0 Å². The van der Waals surface area contributed by atoms with Crippen molar-refractivity contribution in [2.24, 2.45) is 0 Å². The Morgan fingerprint density at radius 2 is 2.18 bits per heavy atom. The van der Waals surface area contributed by atoms with E-state index in [0.717, 1.165) is 12.2 Å². The molecule has 1 aliphatic carbocycles. The Kier molecular flexibility index (Phi) is 4.74. The van der Waals surface area contributed by atoms with Crippen LogP contribution >= 0.6 is 11.8 Å². The molecule has 100 valence electrons. The lowest BCUT2D eigenvalue weighted by Crippen LogP contribution is -2.44. The summed E-state index contributed by atoms with van der Waals surface area (Å²) in [7, 11) is -3.04. The molecule has 0 aromatic carbocycles. The van der Waals surface area contributed by atoms with E-state index >= 15 is 0 Å². The molecular weight excluding hydrogens is 256 g/mol. The largest absolute Gasteiger partial charge is 0.313 e. The minimum atomic E-state index is -3.04. The SMILES string of the molecule is CCC1CN(S(=O)(=O)CCNC2CC2)CCS1. The Bertz CT molecular complexity index is 341. The number of hydrogen-bond acceptors (Lipinski definition) is 4. The summed E-state index contributed by atoms with van der Waals surface area (Å²) < 4.78 is 25.9. The molecule has 0 aromatic rings. The second kappa shape index (κ2) is 5.91. The molecule has 1 heterocycles. The molecule has 4 nitrogen and oxygen atoms in total. The fourth-order valence-electron chi connectivity index (χ4n) is 2.00. The summed E-state index contributed by atoms with van der Waals surface area (Å²) in [5, 5.41) is 3.75. The Morgan fingerprint density at radius 1 is 1.41 bits per heavy atom. The summed E-state index contributed by atoms with van der Waals surface area (Å²) in [6.07, 6.45) is 3.47. The summed E-state index contributed by atoms with van der Waals surface area (Å²) in [5.74, 6) is 1.19. The molecule has 6 heteroatoms. The molecular formula is C11H22N2O2S2. The predicted octanol–water partition coefficient (Wildman–Crippen LogP) is 0.896. The van der Waals surface area contributed by atoms with Crippen LogP contribution in [0, 0.1) is 0 Å². The van der Waals surface area contributed by atoms with Crippen LogP contribution < -0.4 is 5.32 Å². The van der Waals surface area contributed by atoms with Crippen LogP contribution in [0.5, 0.6) is 0 Å². The summed E-state index contributed by atoms with van der Waals surface area (Å²) in [5.41, 5.74) is 0. The minimum absolute atomic E-state index is 0.255. The number of nitrogens with one attached hydrogen (secondary N) is 1. The van der Waals surface area contributed by atoms with Gasteiger partial charge in [-0.25, -0.2) is 8.42 Å². The number of rotatable bonds is 6. The molecule has 0 amide bonds. The van der Waals surface area contributed by atoms with E-state index in [-0.39, 0.29) is 5.75 Å². The summed E-state index contributed by atoms with van der Waals surface area (Å²) in [6, 6.07) is 0.588. The molecule has 1 aliphatic heterocycles. The average molecular weight is 278 g/mol. The highest BCUT2D eigenvalue weighted by atomic mass is 32.2. The van der Waals surface area contributed by atoms with E-state index in [2.05, 4.69) is 12.2 Å². The second-order valence-electron chi connectivity index (χ2n) is 4.80. The molecule has 1 N–H and O–H groups in total. The van der Waals surface area contributed by atoms with Gasteiger partial charge in [-0.3, -0.25) is 0 Å². The molecule has 0 spiro atoms. The molecule has 2 rings (SSSR count). The molecule has 1 unspecified atom stereocenters. The van der Waals surface area contributed by atoms with Crippen LogP contribution in [0.1, 0.15) is 26.2 Å². The molecule has 0 radical (unpaired) electrons. The lowest BCUT2D eigenvalue weighted by Gasteiger charge is -2.31. The van der Waals surface area contributed by atoms with Crippen molar-refractivity contribution in [3.63, 3.8) is 0 Å². The first-order chi connectivity index (χ1) is 8.12. The number of nitrogens with zero attached hydrogens (tertiary/aromatic N) is 1. The number of thioether (sulfide) groups is 1. The molecule has 1 saturated heterocycles. The third kappa shape index (κ3) is 4.12. The third-order valence-corrected chi connectivity index (χ3v) is 6.53. The van der Waals surface area contributed by atoms with Crippen molar-refractivity contribution in [1.82, 2.24) is 9.62 Å². The van der Waals surface area contributed by atoms with Crippen molar-refractivity contribution in [2.45, 2.75) is 37.5 Å². The zero-order valence-corrected chi connectivity index (χ0v) is 12.0. The highest BCUT2D eigenvalue weighted by molar-refractivity contribution is 8.00. The molecule has 2 aliphatic rings. The van der Waals surface area contributed by atoms with Crippen molar-refractivity contribution in [2.75, 3.05) is 31.1 Å². The highest BCUT2D eigenvalue weighted by Gasteiger charge is 2.29. The molecule has 17 heavy (non-hydrogen) atoms. The van der Waals surface area contributed by atoms with E-state index in [0.29, 0.717) is 30.9 Å². The fraction of sp³-hybridized carbons (Fsp3) is 1.00. The van der Waals surface area contributed by atoms with Crippen LogP contribution in [0.2, 0.25) is 0 Å². The van der Waals surface area contributed by atoms with Gasteiger partial charge in [-0.2, -0.15) is 16.1 Å². The Hall–Kier alpha value is 0.220. The normalized spacial score (nSPS) is 27.2. The highest BCUT2D eigenvalue weighted by Crippen LogP contribution is 2.23. The maximum Gasteiger partial charge on any atom is 0.215 e. The van der Waals surface area contributed by atoms with Crippen molar-refractivity contribution in [1.29, 1.82) is 0 Å². The predicted molar refractivity (Wildman–Crippen MR) is 72.9 cm³/mol. The van der Waals surface area contributed by atoms with Gasteiger partial charge in [-0.1, -0.05) is 6.92 Å². The Labute approximate surface area is 109 Å². The second-order valence-corrected chi connectivity index (χ2v) is 8.30. The van der Waals surface area contributed by atoms with Crippen LogP contribution in [0.15, 0.2) is 0 Å². The summed E-state index contributed by atoms with van der Waals surface area (Å²) in [6.45, 7) is 4.12. The maximum atomic E-state index is 12.1. The topological polar surface area (TPSA) is 49.4 Å². The molecule has 1 atom stereocenters. The van der Waals surface area contributed by atoms with Gasteiger partial charge in [-0.15, -0.1) is 0 Å². The van der Waals surface area contributed by atoms with Crippen molar-refractivity contribution in [3.05, 3.63) is 0 Å². The van der Waals surface area contributed by atoms with Gasteiger partial charge in [-0.05, 0) is 19.3 Å². The zero-order valence-electron chi connectivity index (χ0n) is 10.4. The number of hydrogen-bond donors (Lipinski definition) is 1. The van der Waals surface area contributed by atoms with E-state index in [1.54, 1.807) is 4.31 Å². The first-order valence-corrected chi connectivity index (χ1v) is 9.10. The van der Waals surface area contributed by atoms with Gasteiger partial charge in [0.05, 0.1) is 5.75 Å². The first kappa shape index (κ1) is 13.6.